The minimum absolute atomic E-state index is 0.231. The summed E-state index contributed by atoms with van der Waals surface area (Å²) < 4.78 is 25.1. The van der Waals surface area contributed by atoms with Crippen LogP contribution < -0.4 is 10.2 Å². The van der Waals surface area contributed by atoms with Gasteiger partial charge in [0.1, 0.15) is 10.7 Å². The average molecular weight is 284 g/mol. The summed E-state index contributed by atoms with van der Waals surface area (Å²) in [6.45, 7) is 3.79. The molecule has 0 spiro atoms. The van der Waals surface area contributed by atoms with Crippen molar-refractivity contribution in [3.8, 4) is 0 Å². The van der Waals surface area contributed by atoms with Crippen LogP contribution in [0, 0.1) is 0 Å². The fraction of sp³-hybridized carbons (Fsp3) is 0.583. The molecule has 0 aliphatic carbocycles. The minimum Gasteiger partial charge on any atom is -0.355 e. The fourth-order valence-corrected chi connectivity index (χ4v) is 2.85. The van der Waals surface area contributed by atoms with Crippen LogP contribution in [-0.2, 0) is 10.0 Å². The van der Waals surface area contributed by atoms with Gasteiger partial charge in [-0.1, -0.05) is 0 Å². The molecule has 1 aliphatic heterocycles. The number of sulfonamides is 1. The van der Waals surface area contributed by atoms with Gasteiger partial charge in [0, 0.05) is 39.9 Å². The molecule has 0 radical (unpaired) electrons. The molecule has 0 atom stereocenters. The quantitative estimate of drug-likeness (QED) is 0.855. The molecule has 0 saturated carbocycles. The molecule has 0 aromatic carbocycles. The smallest absolute Gasteiger partial charge is 0.244 e. The molecule has 1 aromatic rings. The Morgan fingerprint density at radius 2 is 2.05 bits per heavy atom. The number of nitrogens with zero attached hydrogens (tertiary/aromatic N) is 3. The first-order chi connectivity index (χ1) is 9.01. The highest BCUT2D eigenvalue weighted by Crippen LogP contribution is 2.17. The highest BCUT2D eigenvalue weighted by atomic mass is 32.2. The minimum atomic E-state index is -3.39. The van der Waals surface area contributed by atoms with E-state index in [-0.39, 0.29) is 4.90 Å². The van der Waals surface area contributed by atoms with Gasteiger partial charge in [-0.05, 0) is 25.1 Å². The van der Waals surface area contributed by atoms with Crippen LogP contribution in [0.15, 0.2) is 23.2 Å². The molecule has 1 aromatic heterocycles. The lowest BCUT2D eigenvalue weighted by atomic mass is 10.3. The number of rotatable bonds is 3. The van der Waals surface area contributed by atoms with E-state index < -0.39 is 10.0 Å². The Morgan fingerprint density at radius 1 is 1.26 bits per heavy atom. The molecule has 1 aliphatic rings. The summed E-state index contributed by atoms with van der Waals surface area (Å²) in [5.41, 5.74) is 0. The summed E-state index contributed by atoms with van der Waals surface area (Å²) in [7, 11) is -0.356. The average Bonchev–Trinajstić information content (AvgIpc) is 2.67. The first kappa shape index (κ1) is 14.2. The van der Waals surface area contributed by atoms with Crippen molar-refractivity contribution < 1.29 is 8.42 Å². The van der Waals surface area contributed by atoms with Gasteiger partial charge in [-0.15, -0.1) is 0 Å². The maximum atomic E-state index is 11.9. The third-order valence-electron chi connectivity index (χ3n) is 3.16. The number of hydrogen-bond donors (Lipinski definition) is 1. The van der Waals surface area contributed by atoms with Gasteiger partial charge in [-0.2, -0.15) is 0 Å². The summed E-state index contributed by atoms with van der Waals surface area (Å²) in [4.78, 5) is 6.69. The Bertz CT molecular complexity index is 505. The number of hydrogen-bond acceptors (Lipinski definition) is 5. The van der Waals surface area contributed by atoms with Crippen LogP contribution in [0.4, 0.5) is 5.82 Å². The fourth-order valence-electron chi connectivity index (χ4n) is 2.00. The topological polar surface area (TPSA) is 65.5 Å². The number of aromatic nitrogens is 1. The van der Waals surface area contributed by atoms with E-state index in [0.717, 1.165) is 38.4 Å². The molecular formula is C12H20N4O2S. The third-order valence-corrected chi connectivity index (χ3v) is 4.96. The largest absolute Gasteiger partial charge is 0.355 e. The molecule has 1 saturated heterocycles. The third kappa shape index (κ3) is 3.23. The van der Waals surface area contributed by atoms with Crippen LogP contribution in [0.3, 0.4) is 0 Å². The van der Waals surface area contributed by atoms with Crippen LogP contribution in [0.25, 0.3) is 0 Å². The summed E-state index contributed by atoms with van der Waals surface area (Å²) in [6, 6.07) is 3.40. The van der Waals surface area contributed by atoms with Gasteiger partial charge < -0.3 is 10.2 Å². The molecule has 0 unspecified atom stereocenters. The lowest BCUT2D eigenvalue weighted by Gasteiger charge is -2.21. The van der Waals surface area contributed by atoms with Crippen molar-refractivity contribution in [1.29, 1.82) is 0 Å². The predicted octanol–water partition coefficient (Wildman–Crippen LogP) is 0.132. The number of anilines is 1. The van der Waals surface area contributed by atoms with Crippen molar-refractivity contribution in [2.24, 2.45) is 0 Å². The molecule has 1 N–H and O–H groups in total. The molecule has 2 heterocycles. The molecule has 6 nitrogen and oxygen atoms in total. The number of nitrogens with one attached hydrogen (secondary N) is 1. The van der Waals surface area contributed by atoms with Crippen LogP contribution in [0.2, 0.25) is 0 Å². The monoisotopic (exact) mass is 284 g/mol. The van der Waals surface area contributed by atoms with Crippen molar-refractivity contribution in [1.82, 2.24) is 14.6 Å². The van der Waals surface area contributed by atoms with Gasteiger partial charge in [-0.25, -0.2) is 17.7 Å². The first-order valence-corrected chi connectivity index (χ1v) is 7.80. The van der Waals surface area contributed by atoms with Crippen molar-refractivity contribution in [3.05, 3.63) is 18.3 Å². The predicted molar refractivity (Wildman–Crippen MR) is 74.8 cm³/mol. The highest BCUT2D eigenvalue weighted by Gasteiger charge is 2.18. The lowest BCUT2D eigenvalue weighted by Crippen LogP contribution is -2.28. The highest BCUT2D eigenvalue weighted by molar-refractivity contribution is 7.89. The second kappa shape index (κ2) is 5.85. The van der Waals surface area contributed by atoms with Crippen molar-refractivity contribution >= 4 is 15.8 Å². The van der Waals surface area contributed by atoms with E-state index in [2.05, 4.69) is 15.2 Å². The van der Waals surface area contributed by atoms with Crippen molar-refractivity contribution in [2.45, 2.75) is 11.3 Å². The Balaban J connectivity index is 2.18. The van der Waals surface area contributed by atoms with Crippen LogP contribution in [0.5, 0.6) is 0 Å². The summed E-state index contributed by atoms with van der Waals surface area (Å²) in [6.07, 6.45) is 2.50. The second-order valence-electron chi connectivity index (χ2n) is 4.73. The molecule has 0 bridgehead atoms. The molecule has 19 heavy (non-hydrogen) atoms. The molecule has 1 fully saturated rings. The van der Waals surface area contributed by atoms with Crippen molar-refractivity contribution in [2.75, 3.05) is 45.2 Å². The molecular weight excluding hydrogens is 264 g/mol. The standard InChI is InChI=1S/C12H20N4O2S/c1-15(2)19(17,18)11-4-5-12(14-10-11)16-8-3-6-13-7-9-16/h4-5,10,13H,3,6-9H2,1-2H3. The van der Waals surface area contributed by atoms with Gasteiger partial charge in [0.25, 0.3) is 0 Å². The summed E-state index contributed by atoms with van der Waals surface area (Å²) in [5, 5.41) is 3.33. The maximum Gasteiger partial charge on any atom is 0.244 e. The zero-order chi connectivity index (χ0) is 13.9. The van der Waals surface area contributed by atoms with E-state index in [9.17, 15) is 8.42 Å². The molecule has 0 amide bonds. The van der Waals surface area contributed by atoms with Gasteiger partial charge in [0.2, 0.25) is 10.0 Å². The zero-order valence-corrected chi connectivity index (χ0v) is 12.2. The van der Waals surface area contributed by atoms with E-state index in [1.54, 1.807) is 12.1 Å². The molecule has 2 rings (SSSR count). The van der Waals surface area contributed by atoms with Crippen LogP contribution in [0.1, 0.15) is 6.42 Å². The Kier molecular flexibility index (Phi) is 4.38. The number of pyridine rings is 1. The van der Waals surface area contributed by atoms with E-state index >= 15 is 0 Å². The van der Waals surface area contributed by atoms with Crippen LogP contribution >= 0.6 is 0 Å². The first-order valence-electron chi connectivity index (χ1n) is 6.36. The second-order valence-corrected chi connectivity index (χ2v) is 6.88. The zero-order valence-electron chi connectivity index (χ0n) is 11.3. The van der Waals surface area contributed by atoms with Crippen molar-refractivity contribution in [3.63, 3.8) is 0 Å². The van der Waals surface area contributed by atoms with Gasteiger partial charge in [-0.3, -0.25) is 0 Å². The SMILES string of the molecule is CN(C)S(=O)(=O)c1ccc(N2CCCNCC2)nc1. The summed E-state index contributed by atoms with van der Waals surface area (Å²) in [5.74, 6) is 0.835. The van der Waals surface area contributed by atoms with Gasteiger partial charge in [0.15, 0.2) is 0 Å². The van der Waals surface area contributed by atoms with E-state index in [1.807, 2.05) is 0 Å². The lowest BCUT2D eigenvalue weighted by molar-refractivity contribution is 0.520. The molecule has 106 valence electrons. The van der Waals surface area contributed by atoms with E-state index in [1.165, 1.54) is 24.6 Å². The Hall–Kier alpha value is -1.18. The maximum absolute atomic E-state index is 11.9. The van der Waals surface area contributed by atoms with Gasteiger partial charge >= 0.3 is 0 Å². The summed E-state index contributed by atoms with van der Waals surface area (Å²) >= 11 is 0. The van der Waals surface area contributed by atoms with Gasteiger partial charge in [0.05, 0.1) is 0 Å². The van der Waals surface area contributed by atoms with E-state index in [0.29, 0.717) is 0 Å². The van der Waals surface area contributed by atoms with Crippen LogP contribution in [-0.4, -0.2) is 58.0 Å². The Morgan fingerprint density at radius 3 is 2.68 bits per heavy atom. The Labute approximate surface area is 114 Å². The van der Waals surface area contributed by atoms with E-state index in [4.69, 9.17) is 0 Å². The molecule has 7 heteroatoms. The normalized spacial score (nSPS) is 17.5.